The molecule has 1 saturated heterocycles. The average molecular weight is 375 g/mol. The number of nitriles is 1. The molecular formula is C22H18FN3O2. The van der Waals surface area contributed by atoms with E-state index in [9.17, 15) is 14.4 Å². The summed E-state index contributed by atoms with van der Waals surface area (Å²) in [7, 11) is 0. The number of hydrogen-bond acceptors (Lipinski definition) is 5. The van der Waals surface area contributed by atoms with Gasteiger partial charge in [0, 0.05) is 43.5 Å². The third kappa shape index (κ3) is 3.47. The molecule has 0 atom stereocenters. The van der Waals surface area contributed by atoms with Gasteiger partial charge in [0.25, 0.3) is 0 Å². The lowest BCUT2D eigenvalue weighted by molar-refractivity contribution is 0.521. The van der Waals surface area contributed by atoms with Crippen molar-refractivity contribution in [1.82, 2.24) is 0 Å². The summed E-state index contributed by atoms with van der Waals surface area (Å²) in [5.74, 6) is -0.0403. The summed E-state index contributed by atoms with van der Waals surface area (Å²) in [5, 5.41) is 9.46. The highest BCUT2D eigenvalue weighted by Gasteiger charge is 2.23. The van der Waals surface area contributed by atoms with Gasteiger partial charge in [-0.05, 0) is 36.4 Å². The van der Waals surface area contributed by atoms with E-state index in [0.29, 0.717) is 30.1 Å². The predicted molar refractivity (Wildman–Crippen MR) is 106 cm³/mol. The van der Waals surface area contributed by atoms with Gasteiger partial charge < -0.3 is 14.2 Å². The van der Waals surface area contributed by atoms with Gasteiger partial charge in [0.05, 0.1) is 5.69 Å². The molecule has 6 heteroatoms. The van der Waals surface area contributed by atoms with Crippen LogP contribution in [-0.4, -0.2) is 26.2 Å². The number of halogens is 1. The lowest BCUT2D eigenvalue weighted by Gasteiger charge is -2.37. The van der Waals surface area contributed by atoms with Crippen LogP contribution in [0, 0.1) is 17.1 Å². The maximum Gasteiger partial charge on any atom is 0.356 e. The van der Waals surface area contributed by atoms with E-state index in [4.69, 9.17) is 4.42 Å². The lowest BCUT2D eigenvalue weighted by Crippen LogP contribution is -2.47. The molecule has 4 rings (SSSR count). The molecule has 140 valence electrons. The molecule has 1 fully saturated rings. The minimum Gasteiger partial charge on any atom is -0.422 e. The van der Waals surface area contributed by atoms with Crippen LogP contribution in [-0.2, 0) is 0 Å². The Labute approximate surface area is 161 Å². The van der Waals surface area contributed by atoms with Crippen LogP contribution in [0.3, 0.4) is 0 Å². The van der Waals surface area contributed by atoms with Crippen LogP contribution in [0.2, 0.25) is 0 Å². The first-order chi connectivity index (χ1) is 13.7. The van der Waals surface area contributed by atoms with Crippen LogP contribution < -0.4 is 15.4 Å². The number of rotatable bonds is 3. The second kappa shape index (κ2) is 7.57. The van der Waals surface area contributed by atoms with Gasteiger partial charge in [0.15, 0.2) is 5.56 Å². The highest BCUT2D eigenvalue weighted by atomic mass is 19.1. The maximum atomic E-state index is 13.2. The van der Waals surface area contributed by atoms with E-state index in [2.05, 4.69) is 17.0 Å². The van der Waals surface area contributed by atoms with Crippen molar-refractivity contribution in [3.63, 3.8) is 0 Å². The van der Waals surface area contributed by atoms with Crippen molar-refractivity contribution in [2.75, 3.05) is 36.0 Å². The largest absolute Gasteiger partial charge is 0.422 e. The molecule has 3 aromatic rings. The molecule has 0 N–H and O–H groups in total. The van der Waals surface area contributed by atoms with Crippen LogP contribution in [0.15, 0.2) is 69.9 Å². The Balaban J connectivity index is 1.63. The Morgan fingerprint density at radius 2 is 1.57 bits per heavy atom. The normalized spacial score (nSPS) is 14.0. The van der Waals surface area contributed by atoms with Gasteiger partial charge in [-0.25, -0.2) is 9.18 Å². The number of nitrogens with zero attached hydrogens (tertiary/aromatic N) is 3. The summed E-state index contributed by atoms with van der Waals surface area (Å²) in [4.78, 5) is 16.7. The molecule has 0 unspecified atom stereocenters. The molecule has 0 radical (unpaired) electrons. The number of para-hydroxylation sites is 1. The van der Waals surface area contributed by atoms with Crippen molar-refractivity contribution < 1.29 is 8.81 Å². The van der Waals surface area contributed by atoms with E-state index in [0.717, 1.165) is 18.8 Å². The molecule has 2 aromatic carbocycles. The predicted octanol–water partition coefficient (Wildman–Crippen LogP) is 3.64. The maximum absolute atomic E-state index is 13.2. The lowest BCUT2D eigenvalue weighted by atomic mass is 10.1. The van der Waals surface area contributed by atoms with Gasteiger partial charge in [0.1, 0.15) is 17.6 Å². The highest BCUT2D eigenvalue weighted by Crippen LogP contribution is 2.27. The summed E-state index contributed by atoms with van der Waals surface area (Å²) in [6, 6.07) is 19.5. The van der Waals surface area contributed by atoms with Crippen LogP contribution in [0.1, 0.15) is 5.56 Å². The van der Waals surface area contributed by atoms with E-state index in [1.807, 2.05) is 29.2 Å². The monoisotopic (exact) mass is 375 g/mol. The summed E-state index contributed by atoms with van der Waals surface area (Å²) in [6.45, 7) is 2.91. The molecule has 1 aliphatic heterocycles. The quantitative estimate of drug-likeness (QED) is 0.699. The molecule has 1 aromatic heterocycles. The Kier molecular flexibility index (Phi) is 4.81. The average Bonchev–Trinajstić information content (AvgIpc) is 2.74. The molecule has 0 saturated carbocycles. The van der Waals surface area contributed by atoms with E-state index in [1.54, 1.807) is 18.2 Å². The van der Waals surface area contributed by atoms with Gasteiger partial charge >= 0.3 is 5.63 Å². The second-order valence-electron chi connectivity index (χ2n) is 6.59. The molecule has 0 spiro atoms. The fourth-order valence-electron chi connectivity index (χ4n) is 3.43. The van der Waals surface area contributed by atoms with Crippen LogP contribution >= 0.6 is 0 Å². The first-order valence-electron chi connectivity index (χ1n) is 9.05. The van der Waals surface area contributed by atoms with Gasteiger partial charge in [-0.15, -0.1) is 0 Å². The van der Waals surface area contributed by atoms with Crippen LogP contribution in [0.5, 0.6) is 0 Å². The highest BCUT2D eigenvalue weighted by molar-refractivity contribution is 5.68. The fraction of sp³-hybridized carbons (Fsp3) is 0.182. The summed E-state index contributed by atoms with van der Waals surface area (Å²) >= 11 is 0. The zero-order valence-corrected chi connectivity index (χ0v) is 15.1. The smallest absolute Gasteiger partial charge is 0.356 e. The Morgan fingerprint density at radius 3 is 2.21 bits per heavy atom. The van der Waals surface area contributed by atoms with Gasteiger partial charge in [0.2, 0.25) is 0 Å². The van der Waals surface area contributed by atoms with Crippen molar-refractivity contribution in [2.45, 2.75) is 0 Å². The third-order valence-electron chi connectivity index (χ3n) is 4.91. The SMILES string of the molecule is N#Cc1c(N2CCN(c3ccccc3)CC2)cc(-c2ccc(F)cc2)oc1=O. The number of hydrogen-bond donors (Lipinski definition) is 0. The summed E-state index contributed by atoms with van der Waals surface area (Å²) in [5.41, 5.74) is 1.63. The van der Waals surface area contributed by atoms with Crippen molar-refractivity contribution in [3.8, 4) is 17.4 Å². The zero-order chi connectivity index (χ0) is 19.5. The minimum absolute atomic E-state index is 0.000905. The first-order valence-corrected chi connectivity index (χ1v) is 9.05. The zero-order valence-electron chi connectivity index (χ0n) is 15.1. The Hall–Kier alpha value is -3.59. The summed E-state index contributed by atoms with van der Waals surface area (Å²) in [6.07, 6.45) is 0. The molecule has 0 bridgehead atoms. The third-order valence-corrected chi connectivity index (χ3v) is 4.91. The fourth-order valence-corrected chi connectivity index (χ4v) is 3.43. The molecule has 0 amide bonds. The van der Waals surface area contributed by atoms with Crippen LogP contribution in [0.4, 0.5) is 15.8 Å². The number of benzene rings is 2. The van der Waals surface area contributed by atoms with E-state index < -0.39 is 5.63 Å². The second-order valence-corrected chi connectivity index (χ2v) is 6.59. The Morgan fingerprint density at radius 1 is 0.929 bits per heavy atom. The van der Waals surface area contributed by atoms with Crippen molar-refractivity contribution >= 4 is 11.4 Å². The van der Waals surface area contributed by atoms with Gasteiger partial charge in [-0.1, -0.05) is 18.2 Å². The van der Waals surface area contributed by atoms with Crippen molar-refractivity contribution in [1.29, 1.82) is 5.26 Å². The van der Waals surface area contributed by atoms with E-state index in [1.165, 1.54) is 12.1 Å². The molecule has 5 nitrogen and oxygen atoms in total. The molecular weight excluding hydrogens is 357 g/mol. The number of piperazine rings is 1. The molecule has 28 heavy (non-hydrogen) atoms. The Bertz CT molecular complexity index is 1060. The van der Waals surface area contributed by atoms with Gasteiger partial charge in [-0.2, -0.15) is 5.26 Å². The molecule has 1 aliphatic rings. The summed E-state index contributed by atoms with van der Waals surface area (Å²) < 4.78 is 18.5. The van der Waals surface area contributed by atoms with Gasteiger partial charge in [-0.3, -0.25) is 0 Å². The molecule has 0 aliphatic carbocycles. The standard InChI is InChI=1S/C22H18FN3O2/c23-17-8-6-16(7-9-17)21-14-20(19(15-24)22(27)28-21)26-12-10-25(11-13-26)18-4-2-1-3-5-18/h1-9,14H,10-13H2. The van der Waals surface area contributed by atoms with Crippen molar-refractivity contribution in [2.24, 2.45) is 0 Å². The molecule has 2 heterocycles. The topological polar surface area (TPSA) is 60.5 Å². The number of anilines is 2. The first kappa shape index (κ1) is 17.8. The van der Waals surface area contributed by atoms with E-state index >= 15 is 0 Å². The minimum atomic E-state index is -0.676. The van der Waals surface area contributed by atoms with E-state index in [-0.39, 0.29) is 11.4 Å². The van der Waals surface area contributed by atoms with Crippen LogP contribution in [0.25, 0.3) is 11.3 Å². The van der Waals surface area contributed by atoms with Crippen molar-refractivity contribution in [3.05, 3.63) is 82.5 Å².